The third-order valence-electron chi connectivity index (χ3n) is 3.42. The zero-order valence-corrected chi connectivity index (χ0v) is 12.2. The van der Waals surface area contributed by atoms with Crippen LogP contribution >= 0.6 is 0 Å². The lowest BCUT2D eigenvalue weighted by Crippen LogP contribution is -2.51. The Bertz CT molecular complexity index is 482. The molecule has 1 saturated carbocycles. The fourth-order valence-electron chi connectivity index (χ4n) is 2.16. The van der Waals surface area contributed by atoms with Crippen molar-refractivity contribution in [2.24, 2.45) is 5.92 Å². The summed E-state index contributed by atoms with van der Waals surface area (Å²) in [6, 6.07) is -0.847. The van der Waals surface area contributed by atoms with E-state index in [0.717, 1.165) is 12.8 Å². The predicted molar refractivity (Wildman–Crippen MR) is 73.1 cm³/mol. The Kier molecular flexibility index (Phi) is 4.82. The van der Waals surface area contributed by atoms with E-state index in [4.69, 9.17) is 9.47 Å². The van der Waals surface area contributed by atoms with E-state index in [0.29, 0.717) is 17.7 Å². The van der Waals surface area contributed by atoms with Gasteiger partial charge in [-0.15, -0.1) is 0 Å². The maximum absolute atomic E-state index is 12.1. The Labute approximate surface area is 123 Å². The predicted octanol–water partition coefficient (Wildman–Crippen LogP) is 0.848. The molecule has 2 rings (SSSR count). The van der Waals surface area contributed by atoms with Crippen LogP contribution in [0.1, 0.15) is 33.1 Å². The van der Waals surface area contributed by atoms with Crippen LogP contribution in [0.5, 0.6) is 0 Å². The first-order chi connectivity index (χ1) is 10.1. The van der Waals surface area contributed by atoms with Crippen LogP contribution < -0.4 is 10.6 Å². The van der Waals surface area contributed by atoms with Crippen molar-refractivity contribution in [3.05, 3.63) is 11.3 Å². The summed E-state index contributed by atoms with van der Waals surface area (Å²) < 4.78 is 10.2. The molecule has 21 heavy (non-hydrogen) atoms. The Morgan fingerprint density at radius 2 is 1.95 bits per heavy atom. The fourth-order valence-corrected chi connectivity index (χ4v) is 2.16. The van der Waals surface area contributed by atoms with E-state index in [-0.39, 0.29) is 25.1 Å². The number of amides is 2. The second-order valence-electron chi connectivity index (χ2n) is 5.05. The molecule has 1 fully saturated rings. The lowest BCUT2D eigenvalue weighted by Gasteiger charge is -2.28. The van der Waals surface area contributed by atoms with Crippen LogP contribution in [0.2, 0.25) is 0 Å². The molecule has 2 aliphatic rings. The highest BCUT2D eigenvalue weighted by atomic mass is 16.5. The minimum absolute atomic E-state index is 0.0315. The maximum atomic E-state index is 12.1. The highest BCUT2D eigenvalue weighted by Gasteiger charge is 2.34. The average molecular weight is 296 g/mol. The van der Waals surface area contributed by atoms with Crippen LogP contribution in [0.15, 0.2) is 11.3 Å². The number of esters is 2. The molecule has 1 atom stereocenters. The summed E-state index contributed by atoms with van der Waals surface area (Å²) >= 11 is 0. The Morgan fingerprint density at radius 1 is 1.24 bits per heavy atom. The Morgan fingerprint density at radius 3 is 2.52 bits per heavy atom. The van der Waals surface area contributed by atoms with Crippen molar-refractivity contribution in [1.29, 1.82) is 0 Å². The molecular formula is C14H20N2O5. The van der Waals surface area contributed by atoms with E-state index in [1.807, 2.05) is 6.92 Å². The standard InChI is InChI=1S/C14H20N2O5/c1-3-9-11(13(18)20-4-2)10(16-14(19)15-9)7-21-12(17)8-5-6-8/h8-9H,3-7H2,1-2H3,(H2,15,16,19)/t9-/m1/s1. The second kappa shape index (κ2) is 6.60. The third kappa shape index (κ3) is 3.74. The number of nitrogens with one attached hydrogen (secondary N) is 2. The van der Waals surface area contributed by atoms with Gasteiger partial charge in [0.15, 0.2) is 0 Å². The first-order valence-corrected chi connectivity index (χ1v) is 7.21. The number of urea groups is 1. The molecule has 1 aliphatic heterocycles. The van der Waals surface area contributed by atoms with Crippen LogP contribution in [0, 0.1) is 5.92 Å². The normalized spacial score (nSPS) is 21.4. The number of carbonyl (C=O) groups is 3. The third-order valence-corrected chi connectivity index (χ3v) is 3.42. The summed E-state index contributed by atoms with van der Waals surface area (Å²) in [5.74, 6) is -0.822. The quantitative estimate of drug-likeness (QED) is 0.709. The molecule has 1 aliphatic carbocycles. The summed E-state index contributed by atoms with van der Waals surface area (Å²) in [6.07, 6.45) is 2.23. The van der Waals surface area contributed by atoms with Crippen LogP contribution in [-0.2, 0) is 19.1 Å². The van der Waals surface area contributed by atoms with Gasteiger partial charge in [0.25, 0.3) is 0 Å². The lowest BCUT2D eigenvalue weighted by molar-refractivity contribution is -0.145. The van der Waals surface area contributed by atoms with Crippen LogP contribution in [0.4, 0.5) is 4.79 Å². The van der Waals surface area contributed by atoms with Crippen molar-refractivity contribution in [3.63, 3.8) is 0 Å². The highest BCUT2D eigenvalue weighted by Crippen LogP contribution is 2.30. The number of ether oxygens (including phenoxy) is 2. The van der Waals surface area contributed by atoms with E-state index in [2.05, 4.69) is 10.6 Å². The molecule has 2 N–H and O–H groups in total. The largest absolute Gasteiger partial charge is 0.463 e. The summed E-state index contributed by atoms with van der Waals surface area (Å²) in [7, 11) is 0. The summed E-state index contributed by atoms with van der Waals surface area (Å²) in [5, 5.41) is 5.20. The Hall–Kier alpha value is -2.05. The van der Waals surface area contributed by atoms with Gasteiger partial charge in [-0.3, -0.25) is 4.79 Å². The summed E-state index contributed by atoms with van der Waals surface area (Å²) in [4.78, 5) is 35.3. The fraction of sp³-hybridized carbons (Fsp3) is 0.643. The van der Waals surface area contributed by atoms with Gasteiger partial charge in [-0.25, -0.2) is 9.59 Å². The zero-order valence-electron chi connectivity index (χ0n) is 12.2. The maximum Gasteiger partial charge on any atom is 0.338 e. The number of rotatable bonds is 6. The molecule has 0 bridgehead atoms. The number of hydrogen-bond donors (Lipinski definition) is 2. The van der Waals surface area contributed by atoms with E-state index in [1.165, 1.54) is 0 Å². The van der Waals surface area contributed by atoms with Gasteiger partial charge < -0.3 is 20.1 Å². The van der Waals surface area contributed by atoms with Gasteiger partial charge in [-0.05, 0) is 26.2 Å². The van der Waals surface area contributed by atoms with Gasteiger partial charge in [-0.2, -0.15) is 0 Å². The van der Waals surface area contributed by atoms with Gasteiger partial charge in [0.2, 0.25) is 0 Å². The lowest BCUT2D eigenvalue weighted by atomic mass is 10.0. The summed E-state index contributed by atoms with van der Waals surface area (Å²) in [6.45, 7) is 3.68. The molecule has 2 amide bonds. The van der Waals surface area contributed by atoms with Gasteiger partial charge in [0.1, 0.15) is 6.61 Å². The van der Waals surface area contributed by atoms with Gasteiger partial charge in [0, 0.05) is 0 Å². The first kappa shape index (κ1) is 15.3. The van der Waals surface area contributed by atoms with Crippen LogP contribution in [-0.4, -0.2) is 37.2 Å². The molecule has 0 aromatic carbocycles. The zero-order chi connectivity index (χ0) is 15.4. The molecule has 0 aromatic rings. The van der Waals surface area contributed by atoms with E-state index >= 15 is 0 Å². The van der Waals surface area contributed by atoms with Crippen LogP contribution in [0.25, 0.3) is 0 Å². The smallest absolute Gasteiger partial charge is 0.338 e. The molecule has 0 radical (unpaired) electrons. The van der Waals surface area contributed by atoms with Crippen molar-refractivity contribution < 1.29 is 23.9 Å². The molecule has 7 nitrogen and oxygen atoms in total. The van der Waals surface area contributed by atoms with Crippen molar-refractivity contribution in [2.75, 3.05) is 13.2 Å². The van der Waals surface area contributed by atoms with Gasteiger partial charge >= 0.3 is 18.0 Å². The van der Waals surface area contributed by atoms with E-state index in [9.17, 15) is 14.4 Å². The minimum Gasteiger partial charge on any atom is -0.463 e. The minimum atomic E-state index is -0.505. The monoisotopic (exact) mass is 296 g/mol. The van der Waals surface area contributed by atoms with Crippen LogP contribution in [0.3, 0.4) is 0 Å². The molecule has 116 valence electrons. The average Bonchev–Trinajstić information content (AvgIpc) is 3.28. The van der Waals surface area contributed by atoms with E-state index < -0.39 is 18.0 Å². The summed E-state index contributed by atoms with van der Waals surface area (Å²) in [5.41, 5.74) is 0.626. The first-order valence-electron chi connectivity index (χ1n) is 7.21. The van der Waals surface area contributed by atoms with Gasteiger partial charge in [-0.1, -0.05) is 6.92 Å². The van der Waals surface area contributed by atoms with Crippen molar-refractivity contribution in [1.82, 2.24) is 10.6 Å². The molecule has 1 heterocycles. The second-order valence-corrected chi connectivity index (χ2v) is 5.05. The molecular weight excluding hydrogens is 276 g/mol. The molecule has 0 aromatic heterocycles. The van der Waals surface area contributed by atoms with Gasteiger partial charge in [0.05, 0.1) is 29.8 Å². The highest BCUT2D eigenvalue weighted by molar-refractivity contribution is 5.94. The van der Waals surface area contributed by atoms with E-state index in [1.54, 1.807) is 6.92 Å². The Balaban J connectivity index is 2.16. The SMILES string of the molecule is CCOC(=O)C1=C(COC(=O)C2CC2)NC(=O)N[C@@H]1CC. The number of carbonyl (C=O) groups excluding carboxylic acids is 3. The molecule has 7 heteroatoms. The molecule has 0 unspecified atom stereocenters. The van der Waals surface area contributed by atoms with Crippen molar-refractivity contribution in [2.45, 2.75) is 39.2 Å². The molecule has 0 spiro atoms. The molecule has 0 saturated heterocycles. The van der Waals surface area contributed by atoms with Crippen molar-refractivity contribution in [3.8, 4) is 0 Å². The topological polar surface area (TPSA) is 93.7 Å². The van der Waals surface area contributed by atoms with Crippen molar-refractivity contribution >= 4 is 18.0 Å². The number of hydrogen-bond acceptors (Lipinski definition) is 5.